The first-order valence-electron chi connectivity index (χ1n) is 6.88. The molecule has 1 saturated carbocycles. The van der Waals surface area contributed by atoms with Crippen molar-refractivity contribution in [2.45, 2.75) is 46.1 Å². The Bertz CT molecular complexity index is 650. The lowest BCUT2D eigenvalue weighted by atomic mass is 9.93. The van der Waals surface area contributed by atoms with Gasteiger partial charge in [-0.1, -0.05) is 12.1 Å². The van der Waals surface area contributed by atoms with Crippen LogP contribution in [-0.4, -0.2) is 11.9 Å². The van der Waals surface area contributed by atoms with Gasteiger partial charge in [-0.3, -0.25) is 4.79 Å². The molecular weight excluding hydrogens is 238 g/mol. The standard InChI is InChI=1S/C16H19NO2/c1-9-7-8-13-11(3)15(19-14(13)10(9)2)16(18)17-12-5-4-6-12/h7-8,12H,4-6H2,1-3H3,(H,17,18). The first-order valence-corrected chi connectivity index (χ1v) is 6.88. The van der Waals surface area contributed by atoms with E-state index < -0.39 is 0 Å². The van der Waals surface area contributed by atoms with Crippen molar-refractivity contribution in [3.63, 3.8) is 0 Å². The summed E-state index contributed by atoms with van der Waals surface area (Å²) in [7, 11) is 0. The van der Waals surface area contributed by atoms with Crippen molar-refractivity contribution in [2.24, 2.45) is 0 Å². The van der Waals surface area contributed by atoms with Crippen molar-refractivity contribution in [2.75, 3.05) is 0 Å². The van der Waals surface area contributed by atoms with Gasteiger partial charge in [0.05, 0.1) is 0 Å². The molecule has 0 unspecified atom stereocenters. The van der Waals surface area contributed by atoms with Crippen LogP contribution in [0.25, 0.3) is 11.0 Å². The summed E-state index contributed by atoms with van der Waals surface area (Å²) in [6, 6.07) is 4.45. The van der Waals surface area contributed by atoms with E-state index >= 15 is 0 Å². The number of furan rings is 1. The second-order valence-electron chi connectivity index (χ2n) is 5.54. The number of hydrogen-bond acceptors (Lipinski definition) is 2. The summed E-state index contributed by atoms with van der Waals surface area (Å²) in [6.07, 6.45) is 3.38. The fraction of sp³-hybridized carbons (Fsp3) is 0.438. The molecule has 1 aliphatic carbocycles. The predicted molar refractivity (Wildman–Crippen MR) is 75.5 cm³/mol. The van der Waals surface area contributed by atoms with Crippen LogP contribution in [0.3, 0.4) is 0 Å². The quantitative estimate of drug-likeness (QED) is 0.892. The van der Waals surface area contributed by atoms with Crippen molar-refractivity contribution >= 4 is 16.9 Å². The number of rotatable bonds is 2. The lowest BCUT2D eigenvalue weighted by molar-refractivity contribution is 0.0890. The van der Waals surface area contributed by atoms with Crippen LogP contribution in [0, 0.1) is 20.8 Å². The highest BCUT2D eigenvalue weighted by Gasteiger charge is 2.24. The number of carbonyl (C=O) groups is 1. The minimum absolute atomic E-state index is 0.0737. The average molecular weight is 257 g/mol. The molecule has 1 aromatic carbocycles. The van der Waals surface area contributed by atoms with E-state index in [9.17, 15) is 4.79 Å². The summed E-state index contributed by atoms with van der Waals surface area (Å²) in [6.45, 7) is 6.05. The maximum atomic E-state index is 12.2. The van der Waals surface area contributed by atoms with E-state index in [0.29, 0.717) is 11.8 Å². The number of amides is 1. The van der Waals surface area contributed by atoms with Gasteiger partial charge in [0.15, 0.2) is 5.76 Å². The van der Waals surface area contributed by atoms with E-state index in [1.54, 1.807) is 0 Å². The molecule has 0 radical (unpaired) electrons. The molecular formula is C16H19NO2. The van der Waals surface area contributed by atoms with Crippen molar-refractivity contribution < 1.29 is 9.21 Å². The first kappa shape index (κ1) is 12.3. The lowest BCUT2D eigenvalue weighted by Gasteiger charge is -2.25. The van der Waals surface area contributed by atoms with Crippen LogP contribution in [-0.2, 0) is 0 Å². The van der Waals surface area contributed by atoms with Gasteiger partial charge in [0.1, 0.15) is 5.58 Å². The molecule has 0 spiro atoms. The molecule has 0 atom stereocenters. The van der Waals surface area contributed by atoms with Crippen LogP contribution in [0.1, 0.15) is 46.5 Å². The third kappa shape index (κ3) is 1.93. The fourth-order valence-corrected chi connectivity index (χ4v) is 2.54. The molecule has 3 heteroatoms. The zero-order valence-electron chi connectivity index (χ0n) is 11.7. The third-order valence-corrected chi connectivity index (χ3v) is 4.27. The maximum Gasteiger partial charge on any atom is 0.287 e. The van der Waals surface area contributed by atoms with Gasteiger partial charge in [-0.25, -0.2) is 0 Å². The number of nitrogens with one attached hydrogen (secondary N) is 1. The largest absolute Gasteiger partial charge is 0.450 e. The molecule has 0 bridgehead atoms. The zero-order valence-corrected chi connectivity index (χ0v) is 11.7. The van der Waals surface area contributed by atoms with Crippen molar-refractivity contribution in [1.29, 1.82) is 0 Å². The summed E-state index contributed by atoms with van der Waals surface area (Å²) in [5, 5.41) is 4.08. The average Bonchev–Trinajstić information content (AvgIpc) is 2.67. The summed E-state index contributed by atoms with van der Waals surface area (Å²) in [5.41, 5.74) is 4.08. The zero-order chi connectivity index (χ0) is 13.6. The predicted octanol–water partition coefficient (Wildman–Crippen LogP) is 3.64. The number of fused-ring (bicyclic) bond motifs is 1. The Kier molecular flexibility index (Phi) is 2.85. The normalized spacial score (nSPS) is 15.5. The topological polar surface area (TPSA) is 42.2 Å². The molecule has 19 heavy (non-hydrogen) atoms. The fourth-order valence-electron chi connectivity index (χ4n) is 2.54. The van der Waals surface area contributed by atoms with Crippen LogP contribution in [0.15, 0.2) is 16.5 Å². The minimum atomic E-state index is -0.0737. The summed E-state index contributed by atoms with van der Waals surface area (Å²) in [4.78, 5) is 12.2. The molecule has 0 aliphatic heterocycles. The number of hydrogen-bond donors (Lipinski definition) is 1. The summed E-state index contributed by atoms with van der Waals surface area (Å²) >= 11 is 0. The minimum Gasteiger partial charge on any atom is -0.450 e. The second-order valence-corrected chi connectivity index (χ2v) is 5.54. The van der Waals surface area contributed by atoms with Gasteiger partial charge in [-0.15, -0.1) is 0 Å². The Morgan fingerprint density at radius 3 is 2.58 bits per heavy atom. The van der Waals surface area contributed by atoms with Crippen molar-refractivity contribution in [3.8, 4) is 0 Å². The highest BCUT2D eigenvalue weighted by atomic mass is 16.3. The van der Waals surface area contributed by atoms with Gasteiger partial charge >= 0.3 is 0 Å². The Morgan fingerprint density at radius 2 is 1.95 bits per heavy atom. The van der Waals surface area contributed by atoms with Crippen molar-refractivity contribution in [1.82, 2.24) is 5.32 Å². The highest BCUT2D eigenvalue weighted by Crippen LogP contribution is 2.30. The van der Waals surface area contributed by atoms with Crippen LogP contribution < -0.4 is 5.32 Å². The van der Waals surface area contributed by atoms with Crippen LogP contribution in [0.5, 0.6) is 0 Å². The number of benzene rings is 1. The Morgan fingerprint density at radius 1 is 1.21 bits per heavy atom. The molecule has 1 N–H and O–H groups in total. The van der Waals surface area contributed by atoms with E-state index in [4.69, 9.17) is 4.42 Å². The molecule has 1 aliphatic rings. The van der Waals surface area contributed by atoms with Crippen LogP contribution in [0.4, 0.5) is 0 Å². The molecule has 100 valence electrons. The molecule has 3 rings (SSSR count). The number of carbonyl (C=O) groups excluding carboxylic acids is 1. The molecule has 0 saturated heterocycles. The molecule has 3 nitrogen and oxygen atoms in total. The van der Waals surface area contributed by atoms with Crippen LogP contribution in [0.2, 0.25) is 0 Å². The van der Waals surface area contributed by atoms with E-state index in [0.717, 1.165) is 34.9 Å². The molecule has 2 aromatic rings. The monoisotopic (exact) mass is 257 g/mol. The van der Waals surface area contributed by atoms with Gasteiger partial charge < -0.3 is 9.73 Å². The molecule has 1 heterocycles. The van der Waals surface area contributed by atoms with Gasteiger partial charge in [-0.2, -0.15) is 0 Å². The maximum absolute atomic E-state index is 12.2. The van der Waals surface area contributed by atoms with Crippen LogP contribution >= 0.6 is 0 Å². The molecule has 1 aromatic heterocycles. The van der Waals surface area contributed by atoms with Gasteiger partial charge in [0.25, 0.3) is 5.91 Å². The molecule has 1 amide bonds. The summed E-state index contributed by atoms with van der Waals surface area (Å²) < 4.78 is 5.83. The van der Waals surface area contributed by atoms with Crippen molar-refractivity contribution in [3.05, 3.63) is 34.6 Å². The summed E-state index contributed by atoms with van der Waals surface area (Å²) in [5.74, 6) is 0.394. The highest BCUT2D eigenvalue weighted by molar-refractivity contribution is 5.99. The first-order chi connectivity index (χ1) is 9.08. The van der Waals surface area contributed by atoms with Gasteiger partial charge in [0.2, 0.25) is 0 Å². The second kappa shape index (κ2) is 4.41. The smallest absolute Gasteiger partial charge is 0.287 e. The third-order valence-electron chi connectivity index (χ3n) is 4.27. The van der Waals surface area contributed by atoms with E-state index in [2.05, 4.69) is 18.3 Å². The number of aryl methyl sites for hydroxylation is 3. The molecule has 1 fully saturated rings. The SMILES string of the molecule is Cc1ccc2c(C)c(C(=O)NC3CCC3)oc2c1C. The van der Waals surface area contributed by atoms with E-state index in [1.807, 2.05) is 19.9 Å². The van der Waals surface area contributed by atoms with Gasteiger partial charge in [-0.05, 0) is 51.2 Å². The Balaban J connectivity index is 2.01. The van der Waals surface area contributed by atoms with E-state index in [1.165, 1.54) is 12.0 Å². The Labute approximate surface area is 113 Å². The lowest BCUT2D eigenvalue weighted by Crippen LogP contribution is -2.39. The van der Waals surface area contributed by atoms with Gasteiger partial charge in [0, 0.05) is 17.0 Å². The van der Waals surface area contributed by atoms with E-state index in [-0.39, 0.29) is 5.91 Å². The Hall–Kier alpha value is -1.77.